The number of benzene rings is 1. The number of amides is 1. The summed E-state index contributed by atoms with van der Waals surface area (Å²) in [7, 11) is -1.37. The van der Waals surface area contributed by atoms with Gasteiger partial charge in [0.2, 0.25) is 0 Å². The zero-order valence-electron chi connectivity index (χ0n) is 14.1. The van der Waals surface area contributed by atoms with Gasteiger partial charge in [-0.25, -0.2) is 8.42 Å². The minimum Gasteiger partial charge on any atom is -0.380 e. The highest BCUT2D eigenvalue weighted by Crippen LogP contribution is 2.19. The molecule has 1 aliphatic rings. The summed E-state index contributed by atoms with van der Waals surface area (Å²) in [5.41, 5.74) is 2.33. The van der Waals surface area contributed by atoms with Crippen molar-refractivity contribution in [3.8, 4) is 0 Å². The molecule has 1 N–H and O–H groups in total. The van der Waals surface area contributed by atoms with Gasteiger partial charge in [0.25, 0.3) is 5.91 Å². The molecule has 1 unspecified atom stereocenters. The number of rotatable bonds is 5. The van der Waals surface area contributed by atoms with Crippen LogP contribution in [0.4, 0.5) is 5.69 Å². The fraction of sp³-hybridized carbons (Fsp3) is 0.333. The van der Waals surface area contributed by atoms with Gasteiger partial charge in [-0.3, -0.25) is 9.78 Å². The Morgan fingerprint density at radius 1 is 1.28 bits per heavy atom. The summed E-state index contributed by atoms with van der Waals surface area (Å²) >= 11 is 0. The molecule has 1 aliphatic heterocycles. The normalized spacial score (nSPS) is 18.7. The van der Waals surface area contributed by atoms with Crippen molar-refractivity contribution in [3.63, 3.8) is 0 Å². The van der Waals surface area contributed by atoms with Crippen molar-refractivity contribution in [2.45, 2.75) is 19.0 Å². The van der Waals surface area contributed by atoms with Gasteiger partial charge < -0.3 is 10.2 Å². The summed E-state index contributed by atoms with van der Waals surface area (Å²) in [4.78, 5) is 18.3. The highest BCUT2D eigenvalue weighted by molar-refractivity contribution is 7.91. The van der Waals surface area contributed by atoms with E-state index in [1.54, 1.807) is 19.3 Å². The number of aromatic nitrogens is 1. The number of carbonyl (C=O) groups excluding carboxylic acids is 1. The second-order valence-electron chi connectivity index (χ2n) is 6.27. The molecule has 0 aliphatic carbocycles. The Labute approximate surface area is 147 Å². The monoisotopic (exact) mass is 359 g/mol. The van der Waals surface area contributed by atoms with E-state index in [4.69, 9.17) is 0 Å². The number of pyridine rings is 1. The number of sulfone groups is 1. The first kappa shape index (κ1) is 17.4. The van der Waals surface area contributed by atoms with Gasteiger partial charge in [0, 0.05) is 32.0 Å². The molecule has 0 spiro atoms. The van der Waals surface area contributed by atoms with Crippen molar-refractivity contribution in [1.29, 1.82) is 0 Å². The number of nitrogens with one attached hydrogen (secondary N) is 1. The van der Waals surface area contributed by atoms with Crippen LogP contribution in [-0.2, 0) is 16.4 Å². The minimum atomic E-state index is -3.03. The largest absolute Gasteiger partial charge is 0.380 e. The fourth-order valence-electron chi connectivity index (χ4n) is 2.90. The molecule has 0 radical (unpaired) electrons. The molecule has 25 heavy (non-hydrogen) atoms. The lowest BCUT2D eigenvalue weighted by Crippen LogP contribution is -2.37. The lowest BCUT2D eigenvalue weighted by molar-refractivity contribution is 0.0747. The molecule has 2 aromatic rings. The summed E-state index contributed by atoms with van der Waals surface area (Å²) in [6.07, 6.45) is 3.67. The topological polar surface area (TPSA) is 79.4 Å². The molecule has 6 nitrogen and oxygen atoms in total. The number of carbonyl (C=O) groups is 1. The molecule has 0 bridgehead atoms. The van der Waals surface area contributed by atoms with E-state index in [1.807, 2.05) is 30.3 Å². The van der Waals surface area contributed by atoms with E-state index in [0.717, 1.165) is 11.3 Å². The molecular weight excluding hydrogens is 338 g/mol. The number of hydrogen-bond donors (Lipinski definition) is 1. The van der Waals surface area contributed by atoms with Crippen LogP contribution in [0.15, 0.2) is 48.8 Å². The Bertz CT molecular complexity index is 853. The maximum Gasteiger partial charge on any atom is 0.255 e. The second kappa shape index (κ2) is 7.23. The van der Waals surface area contributed by atoms with Gasteiger partial charge >= 0.3 is 0 Å². The Morgan fingerprint density at radius 3 is 2.72 bits per heavy atom. The van der Waals surface area contributed by atoms with Crippen LogP contribution < -0.4 is 5.32 Å². The molecule has 132 valence electrons. The number of anilines is 1. The maximum absolute atomic E-state index is 12.6. The summed E-state index contributed by atoms with van der Waals surface area (Å²) in [6, 6.07) is 11.4. The van der Waals surface area contributed by atoms with E-state index in [1.165, 1.54) is 11.1 Å². The summed E-state index contributed by atoms with van der Waals surface area (Å²) in [5, 5.41) is 3.25. The van der Waals surface area contributed by atoms with Gasteiger partial charge in [-0.15, -0.1) is 0 Å². The fourth-order valence-corrected chi connectivity index (χ4v) is 4.68. The molecule has 1 aromatic carbocycles. The average molecular weight is 359 g/mol. The Hall–Kier alpha value is -2.41. The Kier molecular flexibility index (Phi) is 5.03. The quantitative estimate of drug-likeness (QED) is 0.883. The standard InChI is InChI=1S/C18H21N3O3S/c1-21(17-7-8-25(23,24)13-17)18(22)15-9-16(12-19-11-15)20-10-14-5-3-2-4-6-14/h2-6,9,11-12,17,20H,7-8,10,13H2,1H3. The van der Waals surface area contributed by atoms with Crippen molar-refractivity contribution in [2.24, 2.45) is 0 Å². The van der Waals surface area contributed by atoms with Gasteiger partial charge in [-0.05, 0) is 18.1 Å². The summed E-state index contributed by atoms with van der Waals surface area (Å²) in [6.45, 7) is 0.636. The molecule has 0 saturated carbocycles. The minimum absolute atomic E-state index is 0.0363. The average Bonchev–Trinajstić information content (AvgIpc) is 3.00. The molecule has 1 amide bonds. The predicted molar refractivity (Wildman–Crippen MR) is 97.2 cm³/mol. The first-order valence-electron chi connectivity index (χ1n) is 8.15. The predicted octanol–water partition coefficient (Wildman–Crippen LogP) is 1.95. The van der Waals surface area contributed by atoms with Gasteiger partial charge in [0.1, 0.15) is 0 Å². The van der Waals surface area contributed by atoms with Crippen LogP contribution in [0.1, 0.15) is 22.3 Å². The highest BCUT2D eigenvalue weighted by Gasteiger charge is 2.33. The molecule has 1 aromatic heterocycles. The van der Waals surface area contributed by atoms with Crippen molar-refractivity contribution in [1.82, 2.24) is 9.88 Å². The highest BCUT2D eigenvalue weighted by atomic mass is 32.2. The molecule has 1 fully saturated rings. The second-order valence-corrected chi connectivity index (χ2v) is 8.50. The van der Waals surface area contributed by atoms with Crippen LogP contribution in [0.2, 0.25) is 0 Å². The van der Waals surface area contributed by atoms with E-state index < -0.39 is 9.84 Å². The molecular formula is C18H21N3O3S. The first-order valence-corrected chi connectivity index (χ1v) is 9.97. The van der Waals surface area contributed by atoms with Crippen molar-refractivity contribution >= 4 is 21.4 Å². The molecule has 3 rings (SSSR count). The van der Waals surface area contributed by atoms with E-state index in [-0.39, 0.29) is 23.5 Å². The lowest BCUT2D eigenvalue weighted by atomic mass is 10.1. The zero-order valence-corrected chi connectivity index (χ0v) is 14.9. The van der Waals surface area contributed by atoms with Crippen LogP contribution in [0.5, 0.6) is 0 Å². The third-order valence-electron chi connectivity index (χ3n) is 4.40. The molecule has 2 heterocycles. The van der Waals surface area contributed by atoms with Crippen LogP contribution in [0, 0.1) is 0 Å². The molecule has 1 atom stereocenters. The van der Waals surface area contributed by atoms with Crippen LogP contribution >= 0.6 is 0 Å². The third-order valence-corrected chi connectivity index (χ3v) is 6.15. The van der Waals surface area contributed by atoms with E-state index >= 15 is 0 Å². The number of nitrogens with zero attached hydrogens (tertiary/aromatic N) is 2. The Balaban J connectivity index is 1.67. The van der Waals surface area contributed by atoms with Crippen molar-refractivity contribution in [3.05, 3.63) is 59.9 Å². The smallest absolute Gasteiger partial charge is 0.255 e. The summed E-state index contributed by atoms with van der Waals surface area (Å²) in [5.74, 6) is -0.0288. The van der Waals surface area contributed by atoms with Crippen LogP contribution in [0.3, 0.4) is 0 Å². The lowest BCUT2D eigenvalue weighted by Gasteiger charge is -2.23. The van der Waals surface area contributed by atoms with Gasteiger partial charge in [-0.2, -0.15) is 0 Å². The van der Waals surface area contributed by atoms with E-state index in [9.17, 15) is 13.2 Å². The van der Waals surface area contributed by atoms with Gasteiger partial charge in [-0.1, -0.05) is 30.3 Å². The van der Waals surface area contributed by atoms with E-state index in [2.05, 4.69) is 10.3 Å². The van der Waals surface area contributed by atoms with Crippen molar-refractivity contribution < 1.29 is 13.2 Å². The van der Waals surface area contributed by atoms with Crippen LogP contribution in [-0.4, -0.2) is 48.8 Å². The SMILES string of the molecule is CN(C(=O)c1cncc(NCc2ccccc2)c1)C1CCS(=O)(=O)C1. The maximum atomic E-state index is 12.6. The third kappa shape index (κ3) is 4.36. The number of hydrogen-bond acceptors (Lipinski definition) is 5. The Morgan fingerprint density at radius 2 is 2.04 bits per heavy atom. The zero-order chi connectivity index (χ0) is 17.9. The van der Waals surface area contributed by atoms with Crippen molar-refractivity contribution in [2.75, 3.05) is 23.9 Å². The molecule has 7 heteroatoms. The van der Waals surface area contributed by atoms with Crippen LogP contribution in [0.25, 0.3) is 0 Å². The first-order chi connectivity index (χ1) is 11.9. The summed E-state index contributed by atoms with van der Waals surface area (Å²) < 4.78 is 23.2. The van der Waals surface area contributed by atoms with Gasteiger partial charge in [0.05, 0.1) is 22.8 Å². The van der Waals surface area contributed by atoms with E-state index in [0.29, 0.717) is 18.5 Å². The van der Waals surface area contributed by atoms with Gasteiger partial charge in [0.15, 0.2) is 9.84 Å². The molecule has 1 saturated heterocycles.